The van der Waals surface area contributed by atoms with Gasteiger partial charge in [0.15, 0.2) is 0 Å². The van der Waals surface area contributed by atoms with Gasteiger partial charge in [-0.05, 0) is 5.56 Å². The highest BCUT2D eigenvalue weighted by Crippen LogP contribution is 2.22. The van der Waals surface area contributed by atoms with E-state index in [2.05, 4.69) is 6.58 Å². The number of rotatable bonds is 3. The first-order valence-electron chi connectivity index (χ1n) is 4.17. The van der Waals surface area contributed by atoms with Crippen LogP contribution in [0.4, 0.5) is 0 Å². The second-order valence-corrected chi connectivity index (χ2v) is 3.19. The van der Waals surface area contributed by atoms with Crippen molar-refractivity contribution in [3.05, 3.63) is 42.0 Å². The van der Waals surface area contributed by atoms with E-state index in [0.29, 0.717) is 0 Å². The maximum Gasteiger partial charge on any atom is 0.304 e. The molecule has 0 fully saturated rings. The Hall–Kier alpha value is -1.28. The molecule has 1 atom stereocenters. The monoisotopic (exact) mass is 210 g/mol. The smallest absolute Gasteiger partial charge is 0.304 e. The zero-order valence-corrected chi connectivity index (χ0v) is 8.62. The summed E-state index contributed by atoms with van der Waals surface area (Å²) in [7, 11) is 0. The number of carbonyl (C=O) groups is 1. The Morgan fingerprint density at radius 2 is 2.07 bits per heavy atom. The predicted molar refractivity (Wildman–Crippen MR) is 56.9 cm³/mol. The Kier molecular flexibility index (Phi) is 3.72. The van der Waals surface area contributed by atoms with Gasteiger partial charge >= 0.3 is 5.97 Å². The van der Waals surface area contributed by atoms with Gasteiger partial charge in [0, 0.05) is 12.5 Å². The highest BCUT2D eigenvalue weighted by molar-refractivity contribution is 6.20. The molecular weight excluding hydrogens is 200 g/mol. The summed E-state index contributed by atoms with van der Waals surface area (Å²) in [6, 6.07) is 7.33. The minimum Gasteiger partial charge on any atom is -0.442 e. The number of carbonyl (C=O) groups excluding carboxylic acids is 1. The summed E-state index contributed by atoms with van der Waals surface area (Å²) in [6.07, 6.45) is 1.73. The lowest BCUT2D eigenvalue weighted by atomic mass is 10.1. The number of halogens is 1. The Bertz CT molecular complexity index is 330. The van der Waals surface area contributed by atoms with Crippen LogP contribution < -0.4 is 0 Å². The topological polar surface area (TPSA) is 26.3 Å². The van der Waals surface area contributed by atoms with E-state index >= 15 is 0 Å². The SMILES string of the molecule is C=Cc1ccc(C(Cl)OC(C)=O)cc1. The van der Waals surface area contributed by atoms with Crippen molar-refractivity contribution in [3.63, 3.8) is 0 Å². The molecule has 0 N–H and O–H groups in total. The van der Waals surface area contributed by atoms with Gasteiger partial charge in [-0.25, -0.2) is 0 Å². The third kappa shape index (κ3) is 2.89. The van der Waals surface area contributed by atoms with Gasteiger partial charge in [-0.1, -0.05) is 48.5 Å². The van der Waals surface area contributed by atoms with Crippen LogP contribution in [0.5, 0.6) is 0 Å². The van der Waals surface area contributed by atoms with Crippen LogP contribution in [0, 0.1) is 0 Å². The van der Waals surface area contributed by atoms with E-state index in [1.807, 2.05) is 12.1 Å². The minimum absolute atomic E-state index is 0.391. The van der Waals surface area contributed by atoms with E-state index in [0.717, 1.165) is 11.1 Å². The molecule has 0 saturated heterocycles. The standard InChI is InChI=1S/C11H11ClO2/c1-3-9-4-6-10(7-5-9)11(12)14-8(2)13/h3-7,11H,1H2,2H3. The molecule has 0 aliphatic carbocycles. The first-order valence-corrected chi connectivity index (χ1v) is 4.61. The van der Waals surface area contributed by atoms with E-state index in [1.165, 1.54) is 6.92 Å². The van der Waals surface area contributed by atoms with Crippen molar-refractivity contribution in [2.24, 2.45) is 0 Å². The number of esters is 1. The van der Waals surface area contributed by atoms with Crippen LogP contribution in [-0.2, 0) is 9.53 Å². The first-order chi connectivity index (χ1) is 6.63. The maximum absolute atomic E-state index is 10.6. The highest BCUT2D eigenvalue weighted by Gasteiger charge is 2.09. The van der Waals surface area contributed by atoms with Gasteiger partial charge < -0.3 is 4.74 Å². The molecule has 0 aliphatic rings. The van der Waals surface area contributed by atoms with Crippen LogP contribution in [0.3, 0.4) is 0 Å². The van der Waals surface area contributed by atoms with E-state index in [1.54, 1.807) is 18.2 Å². The zero-order chi connectivity index (χ0) is 10.6. The number of benzene rings is 1. The predicted octanol–water partition coefficient (Wildman–Crippen LogP) is 3.13. The average Bonchev–Trinajstić information content (AvgIpc) is 2.17. The van der Waals surface area contributed by atoms with E-state index in [4.69, 9.17) is 16.3 Å². The van der Waals surface area contributed by atoms with E-state index < -0.39 is 11.5 Å². The van der Waals surface area contributed by atoms with Crippen LogP contribution in [0.25, 0.3) is 6.08 Å². The van der Waals surface area contributed by atoms with Gasteiger partial charge in [0.05, 0.1) is 0 Å². The lowest BCUT2D eigenvalue weighted by molar-refractivity contribution is -0.142. The molecule has 14 heavy (non-hydrogen) atoms. The summed E-state index contributed by atoms with van der Waals surface area (Å²) >= 11 is 5.83. The van der Waals surface area contributed by atoms with Crippen LogP contribution in [0.2, 0.25) is 0 Å². The van der Waals surface area contributed by atoms with Crippen molar-refractivity contribution >= 4 is 23.6 Å². The third-order valence-corrected chi connectivity index (χ3v) is 2.04. The molecule has 0 aliphatic heterocycles. The summed E-state index contributed by atoms with van der Waals surface area (Å²) in [6.45, 7) is 4.96. The fourth-order valence-electron chi connectivity index (χ4n) is 0.997. The molecular formula is C11H11ClO2. The van der Waals surface area contributed by atoms with Crippen molar-refractivity contribution in [1.82, 2.24) is 0 Å². The second-order valence-electron chi connectivity index (χ2n) is 2.80. The van der Waals surface area contributed by atoms with E-state index in [9.17, 15) is 4.79 Å². The molecule has 0 spiro atoms. The van der Waals surface area contributed by atoms with Crippen molar-refractivity contribution in [2.45, 2.75) is 12.5 Å². The zero-order valence-electron chi connectivity index (χ0n) is 7.87. The number of hydrogen-bond acceptors (Lipinski definition) is 2. The molecule has 0 heterocycles. The fourth-order valence-corrected chi connectivity index (χ4v) is 1.27. The Morgan fingerprint density at radius 1 is 1.50 bits per heavy atom. The fraction of sp³-hybridized carbons (Fsp3) is 0.182. The number of hydrogen-bond donors (Lipinski definition) is 0. The van der Waals surface area contributed by atoms with E-state index in [-0.39, 0.29) is 0 Å². The van der Waals surface area contributed by atoms with Gasteiger partial charge in [0.1, 0.15) is 0 Å². The normalized spacial score (nSPS) is 11.9. The molecule has 3 heteroatoms. The van der Waals surface area contributed by atoms with Gasteiger partial charge in [0.2, 0.25) is 5.56 Å². The molecule has 2 nitrogen and oxygen atoms in total. The van der Waals surface area contributed by atoms with Crippen LogP contribution in [-0.4, -0.2) is 5.97 Å². The van der Waals surface area contributed by atoms with Gasteiger partial charge in [-0.15, -0.1) is 0 Å². The Balaban J connectivity index is 2.75. The number of alkyl halides is 1. The largest absolute Gasteiger partial charge is 0.442 e. The molecule has 0 amide bonds. The van der Waals surface area contributed by atoms with Gasteiger partial charge in [-0.3, -0.25) is 4.79 Å². The van der Waals surface area contributed by atoms with Crippen molar-refractivity contribution in [2.75, 3.05) is 0 Å². The third-order valence-electron chi connectivity index (χ3n) is 1.70. The molecule has 0 radical (unpaired) electrons. The van der Waals surface area contributed by atoms with Gasteiger partial charge in [0.25, 0.3) is 0 Å². The lowest BCUT2D eigenvalue weighted by Crippen LogP contribution is -2.02. The Morgan fingerprint density at radius 3 is 2.50 bits per heavy atom. The van der Waals surface area contributed by atoms with Crippen LogP contribution >= 0.6 is 11.6 Å². The van der Waals surface area contributed by atoms with Crippen molar-refractivity contribution in [3.8, 4) is 0 Å². The van der Waals surface area contributed by atoms with Crippen molar-refractivity contribution in [1.29, 1.82) is 0 Å². The second kappa shape index (κ2) is 4.82. The molecule has 1 rings (SSSR count). The molecule has 0 saturated carbocycles. The van der Waals surface area contributed by atoms with Crippen LogP contribution in [0.1, 0.15) is 23.6 Å². The molecule has 1 aromatic rings. The maximum atomic E-state index is 10.6. The highest BCUT2D eigenvalue weighted by atomic mass is 35.5. The minimum atomic E-state index is -0.716. The number of ether oxygens (including phenoxy) is 1. The molecule has 1 aromatic carbocycles. The Labute approximate surface area is 88.1 Å². The summed E-state index contributed by atoms with van der Waals surface area (Å²) in [5.41, 5.74) is 1.04. The molecule has 74 valence electrons. The first kappa shape index (κ1) is 10.8. The summed E-state index contributed by atoms with van der Waals surface area (Å²) in [4.78, 5) is 10.6. The molecule has 1 unspecified atom stereocenters. The quantitative estimate of drug-likeness (QED) is 0.566. The summed E-state index contributed by atoms with van der Waals surface area (Å²) in [5, 5.41) is 0. The van der Waals surface area contributed by atoms with Crippen LogP contribution in [0.15, 0.2) is 30.8 Å². The summed E-state index contributed by atoms with van der Waals surface area (Å²) in [5.74, 6) is -0.391. The molecule has 0 aromatic heterocycles. The lowest BCUT2D eigenvalue weighted by Gasteiger charge is -2.09. The van der Waals surface area contributed by atoms with Gasteiger partial charge in [-0.2, -0.15) is 0 Å². The summed E-state index contributed by atoms with van der Waals surface area (Å²) < 4.78 is 4.81. The molecule has 0 bridgehead atoms. The van der Waals surface area contributed by atoms with Crippen molar-refractivity contribution < 1.29 is 9.53 Å². The average molecular weight is 211 g/mol.